The summed E-state index contributed by atoms with van der Waals surface area (Å²) in [7, 11) is 1.75. The van der Waals surface area contributed by atoms with E-state index in [4.69, 9.17) is 4.74 Å². The van der Waals surface area contributed by atoms with Crippen LogP contribution in [0.1, 0.15) is 37.7 Å². The molecule has 1 aliphatic heterocycles. The highest BCUT2D eigenvalue weighted by atomic mass is 16.5. The van der Waals surface area contributed by atoms with E-state index in [2.05, 4.69) is 40.0 Å². The van der Waals surface area contributed by atoms with Crippen molar-refractivity contribution in [3.8, 4) is 0 Å². The van der Waals surface area contributed by atoms with Crippen molar-refractivity contribution in [2.45, 2.75) is 44.2 Å². The molecule has 2 fully saturated rings. The number of hydrogen-bond donors (Lipinski definition) is 2. The van der Waals surface area contributed by atoms with Crippen LogP contribution >= 0.6 is 0 Å². The number of ether oxygens (including phenoxy) is 1. The van der Waals surface area contributed by atoms with E-state index in [9.17, 15) is 4.79 Å². The molecule has 4 atom stereocenters. The van der Waals surface area contributed by atoms with E-state index in [-0.39, 0.29) is 18.0 Å². The number of rotatable bonds is 6. The van der Waals surface area contributed by atoms with Crippen molar-refractivity contribution in [2.75, 3.05) is 25.6 Å². The van der Waals surface area contributed by atoms with Crippen LogP contribution in [0.15, 0.2) is 25.2 Å². The smallest absolute Gasteiger partial charge is 0.246 e. The minimum absolute atomic E-state index is 0.00967. The molecule has 1 saturated carbocycles. The maximum atomic E-state index is 12.1. The number of aromatic amines is 1. The summed E-state index contributed by atoms with van der Waals surface area (Å²) in [5.41, 5.74) is 2.12. The molecule has 2 aliphatic rings. The summed E-state index contributed by atoms with van der Waals surface area (Å²) in [4.78, 5) is 26.2. The second-order valence-electron chi connectivity index (χ2n) is 7.71. The van der Waals surface area contributed by atoms with Crippen LogP contribution in [-0.4, -0.2) is 58.1 Å². The summed E-state index contributed by atoms with van der Waals surface area (Å²) < 4.78 is 5.31. The van der Waals surface area contributed by atoms with Crippen molar-refractivity contribution in [2.24, 2.45) is 5.92 Å². The third-order valence-electron chi connectivity index (χ3n) is 5.88. The molecule has 27 heavy (non-hydrogen) atoms. The lowest BCUT2D eigenvalue weighted by Crippen LogP contribution is -2.49. The lowest BCUT2D eigenvalue weighted by Gasteiger charge is -2.38. The van der Waals surface area contributed by atoms with Crippen LogP contribution < -0.4 is 5.32 Å². The van der Waals surface area contributed by atoms with Crippen LogP contribution in [0.2, 0.25) is 0 Å². The van der Waals surface area contributed by atoms with Gasteiger partial charge in [-0.25, -0.2) is 9.97 Å². The van der Waals surface area contributed by atoms with Crippen molar-refractivity contribution < 1.29 is 9.53 Å². The van der Waals surface area contributed by atoms with Gasteiger partial charge >= 0.3 is 0 Å². The number of anilines is 1. The van der Waals surface area contributed by atoms with Crippen molar-refractivity contribution in [3.63, 3.8) is 0 Å². The third kappa shape index (κ3) is 3.43. The van der Waals surface area contributed by atoms with Gasteiger partial charge in [0.2, 0.25) is 5.91 Å². The van der Waals surface area contributed by atoms with E-state index in [0.29, 0.717) is 18.4 Å². The van der Waals surface area contributed by atoms with Crippen molar-refractivity contribution >= 4 is 22.8 Å². The molecule has 2 aromatic heterocycles. The summed E-state index contributed by atoms with van der Waals surface area (Å²) >= 11 is 0. The average molecular weight is 369 g/mol. The zero-order valence-corrected chi connectivity index (χ0v) is 15.9. The largest absolute Gasteiger partial charge is 0.384 e. The average Bonchev–Trinajstić information content (AvgIpc) is 3.30. The van der Waals surface area contributed by atoms with Crippen LogP contribution in [-0.2, 0) is 9.53 Å². The minimum Gasteiger partial charge on any atom is -0.384 e. The number of nitrogens with one attached hydrogen (secondary N) is 2. The molecule has 7 heteroatoms. The Morgan fingerprint density at radius 2 is 2.33 bits per heavy atom. The normalized spacial score (nSPS) is 27.6. The summed E-state index contributed by atoms with van der Waals surface area (Å²) in [6, 6.07) is 0.406. The molecule has 1 unspecified atom stereocenters. The predicted octanol–water partition coefficient (Wildman–Crippen LogP) is 2.69. The Kier molecular flexibility index (Phi) is 4.86. The second-order valence-corrected chi connectivity index (χ2v) is 7.71. The van der Waals surface area contributed by atoms with Gasteiger partial charge in [-0.15, -0.1) is 0 Å². The van der Waals surface area contributed by atoms with Gasteiger partial charge in [-0.05, 0) is 49.7 Å². The zero-order chi connectivity index (χ0) is 19.0. The number of methoxy groups -OCH3 is 1. The van der Waals surface area contributed by atoms with E-state index in [1.54, 1.807) is 13.4 Å². The van der Waals surface area contributed by atoms with Gasteiger partial charge in [0.25, 0.3) is 0 Å². The Morgan fingerprint density at radius 3 is 3.11 bits per heavy atom. The Bertz CT molecular complexity index is 848. The van der Waals surface area contributed by atoms with Crippen LogP contribution in [0.5, 0.6) is 0 Å². The Hall–Kier alpha value is -2.41. The van der Waals surface area contributed by atoms with Crippen LogP contribution in [0.25, 0.3) is 11.0 Å². The highest BCUT2D eigenvalue weighted by molar-refractivity contribution is 5.91. The topological polar surface area (TPSA) is 83.1 Å². The van der Waals surface area contributed by atoms with E-state index < -0.39 is 0 Å². The molecule has 1 saturated heterocycles. The van der Waals surface area contributed by atoms with Crippen molar-refractivity contribution in [1.29, 1.82) is 0 Å². The fraction of sp³-hybridized carbons (Fsp3) is 0.550. The molecule has 2 N–H and O–H groups in total. The fourth-order valence-corrected chi connectivity index (χ4v) is 4.26. The lowest BCUT2D eigenvalue weighted by molar-refractivity contribution is -0.129. The summed E-state index contributed by atoms with van der Waals surface area (Å²) in [5, 5.41) is 4.65. The number of piperidine rings is 1. The lowest BCUT2D eigenvalue weighted by atomic mass is 9.99. The van der Waals surface area contributed by atoms with E-state index in [1.165, 1.54) is 11.6 Å². The molecule has 7 nitrogen and oxygen atoms in total. The summed E-state index contributed by atoms with van der Waals surface area (Å²) in [6.07, 6.45) is 8.14. The van der Waals surface area contributed by atoms with Crippen molar-refractivity contribution in [1.82, 2.24) is 19.9 Å². The number of aromatic nitrogens is 3. The van der Waals surface area contributed by atoms with E-state index in [1.807, 2.05) is 4.90 Å². The molecule has 0 spiro atoms. The highest BCUT2D eigenvalue weighted by Gasteiger charge is 2.40. The molecule has 4 rings (SSSR count). The van der Waals surface area contributed by atoms with Gasteiger partial charge in [0.1, 0.15) is 17.8 Å². The van der Waals surface area contributed by atoms with Gasteiger partial charge < -0.3 is 19.9 Å². The number of carbonyl (C=O) groups excluding carboxylic acids is 1. The number of fused-ring (bicyclic) bond motifs is 1. The number of hydrogen-bond acceptors (Lipinski definition) is 5. The standard InChI is InChI=1S/C20H27N5O2/c1-4-17(26)25-9-14(6-5-12(25)2)24-20-18-16(15-7-13(15)10-27-3)8-21-19(18)22-11-23-20/h4,8,11-15H,1,5-7,9-10H2,2-3H3,(H2,21,22,23,24)/t12-,13-,14+,15?/m0/s1. The molecule has 1 amide bonds. The van der Waals surface area contributed by atoms with Crippen molar-refractivity contribution in [3.05, 3.63) is 30.7 Å². The highest BCUT2D eigenvalue weighted by Crippen LogP contribution is 2.50. The molecule has 1 aliphatic carbocycles. The Balaban J connectivity index is 1.56. The number of amides is 1. The second kappa shape index (κ2) is 7.31. The number of nitrogens with zero attached hydrogens (tertiary/aromatic N) is 3. The molecular weight excluding hydrogens is 342 g/mol. The predicted molar refractivity (Wildman–Crippen MR) is 105 cm³/mol. The SMILES string of the molecule is C=CC(=O)N1C[C@H](Nc2ncnc3[nH]cc(C4C[C@H]4COC)c23)CC[C@@H]1C. The van der Waals surface area contributed by atoms with Gasteiger partial charge in [-0.3, -0.25) is 4.79 Å². The molecule has 3 heterocycles. The first kappa shape index (κ1) is 18.0. The van der Waals surface area contributed by atoms with Crippen LogP contribution in [0.3, 0.4) is 0 Å². The number of H-pyrrole nitrogens is 1. The van der Waals surface area contributed by atoms with Crippen LogP contribution in [0.4, 0.5) is 5.82 Å². The van der Waals surface area contributed by atoms with E-state index >= 15 is 0 Å². The Morgan fingerprint density at radius 1 is 1.48 bits per heavy atom. The molecule has 144 valence electrons. The molecule has 2 aromatic rings. The van der Waals surface area contributed by atoms with Gasteiger partial charge in [0, 0.05) is 38.5 Å². The Labute approximate surface area is 159 Å². The molecule has 0 aromatic carbocycles. The molecule has 0 bridgehead atoms. The number of carbonyl (C=O) groups is 1. The molecule has 0 radical (unpaired) electrons. The third-order valence-corrected chi connectivity index (χ3v) is 5.88. The minimum atomic E-state index is -0.00967. The van der Waals surface area contributed by atoms with Gasteiger partial charge in [-0.1, -0.05) is 6.58 Å². The molecular formula is C20H27N5O2. The van der Waals surface area contributed by atoms with Gasteiger partial charge in [0.15, 0.2) is 0 Å². The first-order valence-electron chi connectivity index (χ1n) is 9.62. The van der Waals surface area contributed by atoms with E-state index in [0.717, 1.165) is 42.7 Å². The maximum Gasteiger partial charge on any atom is 0.246 e. The quantitative estimate of drug-likeness (QED) is 0.765. The van der Waals surface area contributed by atoms with Gasteiger partial charge in [-0.2, -0.15) is 0 Å². The summed E-state index contributed by atoms with van der Waals surface area (Å²) in [6.45, 7) is 7.16. The zero-order valence-electron chi connectivity index (χ0n) is 15.9. The number of likely N-dealkylation sites (tertiary alicyclic amines) is 1. The van der Waals surface area contributed by atoms with Gasteiger partial charge in [0.05, 0.1) is 5.39 Å². The van der Waals surface area contributed by atoms with Crippen LogP contribution in [0, 0.1) is 5.92 Å². The fourth-order valence-electron chi connectivity index (χ4n) is 4.26. The first-order chi connectivity index (χ1) is 13.1. The first-order valence-corrected chi connectivity index (χ1v) is 9.62. The maximum absolute atomic E-state index is 12.1. The summed E-state index contributed by atoms with van der Waals surface area (Å²) in [5.74, 6) is 1.91. The monoisotopic (exact) mass is 369 g/mol.